The summed E-state index contributed by atoms with van der Waals surface area (Å²) in [5.41, 5.74) is 0.668. The number of rotatable bonds is 9. The molecule has 0 aromatic heterocycles. The second-order valence-electron chi connectivity index (χ2n) is 11.9. The Bertz CT molecular complexity index is 947. The summed E-state index contributed by atoms with van der Waals surface area (Å²) in [6.45, 7) is 9.25. The Balaban J connectivity index is 1.42. The largest absolute Gasteiger partial charge is 0.378 e. The number of carbonyl (C=O) groups is 2. The summed E-state index contributed by atoms with van der Waals surface area (Å²) < 4.78 is 5.33. The fourth-order valence-electron chi connectivity index (χ4n) is 6.62. The van der Waals surface area contributed by atoms with Crippen LogP contribution in [0.4, 0.5) is 0 Å². The van der Waals surface area contributed by atoms with Crippen LogP contribution >= 0.6 is 0 Å². The lowest BCUT2D eigenvalue weighted by atomic mass is 9.70. The molecule has 2 heterocycles. The topological polar surface area (TPSA) is 85.7 Å². The molecular weight excluding hydrogens is 464 g/mol. The second-order valence-corrected chi connectivity index (χ2v) is 11.9. The van der Waals surface area contributed by atoms with Gasteiger partial charge in [-0.15, -0.1) is 0 Å². The summed E-state index contributed by atoms with van der Waals surface area (Å²) in [5, 5.41) is 13.9. The highest BCUT2D eigenvalue weighted by molar-refractivity contribution is 5.84. The van der Waals surface area contributed by atoms with E-state index in [1.807, 2.05) is 6.07 Å². The number of nitrogens with one attached hydrogen (secondary N) is 1. The van der Waals surface area contributed by atoms with E-state index in [1.54, 1.807) is 4.90 Å². The van der Waals surface area contributed by atoms with Crippen LogP contribution in [0, 0.1) is 22.7 Å². The molecular formula is C30H44N4O3. The van der Waals surface area contributed by atoms with E-state index < -0.39 is 5.41 Å². The number of hydrogen-bond donors (Lipinski definition) is 1. The third-order valence-electron chi connectivity index (χ3n) is 8.74. The highest BCUT2D eigenvalue weighted by Gasteiger charge is 2.49. The number of likely N-dealkylation sites (tertiary alicyclic amines) is 1. The van der Waals surface area contributed by atoms with Crippen molar-refractivity contribution in [3.05, 3.63) is 35.9 Å². The molecule has 2 aliphatic heterocycles. The zero-order valence-electron chi connectivity index (χ0n) is 22.7. The number of benzene rings is 1. The molecule has 7 nitrogen and oxygen atoms in total. The number of nitrogens with zero attached hydrogens (tertiary/aromatic N) is 3. The summed E-state index contributed by atoms with van der Waals surface area (Å²) in [6.07, 6.45) is 6.78. The molecule has 0 radical (unpaired) electrons. The minimum absolute atomic E-state index is 0.0119. The maximum Gasteiger partial charge on any atom is 0.223 e. The van der Waals surface area contributed by atoms with Crippen LogP contribution in [0.3, 0.4) is 0 Å². The number of amides is 2. The zero-order chi connectivity index (χ0) is 26.3. The molecule has 202 valence electrons. The second kappa shape index (κ2) is 12.4. The number of ether oxygens (including phenoxy) is 1. The quantitative estimate of drug-likeness (QED) is 0.547. The molecule has 2 amide bonds. The van der Waals surface area contributed by atoms with Crippen molar-refractivity contribution in [1.82, 2.24) is 15.1 Å². The molecule has 0 unspecified atom stereocenters. The number of morpholine rings is 1. The van der Waals surface area contributed by atoms with Gasteiger partial charge in [0.15, 0.2) is 0 Å². The van der Waals surface area contributed by atoms with E-state index >= 15 is 0 Å². The molecule has 1 N–H and O–H groups in total. The van der Waals surface area contributed by atoms with Crippen molar-refractivity contribution >= 4 is 11.8 Å². The predicted octanol–water partition coefficient (Wildman–Crippen LogP) is 3.88. The number of nitriles is 1. The van der Waals surface area contributed by atoms with Gasteiger partial charge in [0.1, 0.15) is 0 Å². The number of carbonyl (C=O) groups excluding carboxylic acids is 2. The molecule has 3 fully saturated rings. The number of hydrogen-bond acceptors (Lipinski definition) is 5. The molecule has 3 aliphatic rings. The predicted molar refractivity (Wildman–Crippen MR) is 144 cm³/mol. The zero-order valence-corrected chi connectivity index (χ0v) is 22.7. The molecule has 0 bridgehead atoms. The van der Waals surface area contributed by atoms with Gasteiger partial charge in [0.2, 0.25) is 11.8 Å². The van der Waals surface area contributed by atoms with E-state index in [9.17, 15) is 14.9 Å². The Labute approximate surface area is 222 Å². The van der Waals surface area contributed by atoms with Gasteiger partial charge in [-0.25, -0.2) is 0 Å². The summed E-state index contributed by atoms with van der Waals surface area (Å²) in [4.78, 5) is 30.0. The molecule has 1 aromatic carbocycles. The average molecular weight is 509 g/mol. The van der Waals surface area contributed by atoms with E-state index in [-0.39, 0.29) is 36.1 Å². The lowest BCUT2D eigenvalue weighted by Gasteiger charge is -2.40. The average Bonchev–Trinajstić information content (AvgIpc) is 3.35. The van der Waals surface area contributed by atoms with Crippen LogP contribution in [0.1, 0.15) is 70.8 Å². The molecule has 1 saturated carbocycles. The Morgan fingerprint density at radius 2 is 1.81 bits per heavy atom. The lowest BCUT2D eigenvalue weighted by Crippen LogP contribution is -2.53. The summed E-state index contributed by atoms with van der Waals surface area (Å²) in [6, 6.07) is 13.1. The maximum atomic E-state index is 13.2. The van der Waals surface area contributed by atoms with Crippen molar-refractivity contribution < 1.29 is 14.3 Å². The molecule has 2 atom stereocenters. The van der Waals surface area contributed by atoms with Crippen LogP contribution in [0.5, 0.6) is 0 Å². The van der Waals surface area contributed by atoms with E-state index in [1.165, 1.54) is 12.0 Å². The Morgan fingerprint density at radius 3 is 2.49 bits per heavy atom. The van der Waals surface area contributed by atoms with Gasteiger partial charge in [0.25, 0.3) is 0 Å². The van der Waals surface area contributed by atoms with Crippen molar-refractivity contribution in [3.8, 4) is 6.07 Å². The van der Waals surface area contributed by atoms with Gasteiger partial charge >= 0.3 is 0 Å². The fourth-order valence-corrected chi connectivity index (χ4v) is 6.62. The van der Waals surface area contributed by atoms with Gasteiger partial charge in [-0.1, -0.05) is 63.4 Å². The van der Waals surface area contributed by atoms with Crippen LogP contribution in [0.25, 0.3) is 0 Å². The van der Waals surface area contributed by atoms with Crippen molar-refractivity contribution in [2.45, 2.75) is 76.7 Å². The lowest BCUT2D eigenvalue weighted by molar-refractivity contribution is -0.137. The van der Waals surface area contributed by atoms with Crippen molar-refractivity contribution in [2.24, 2.45) is 11.3 Å². The first-order chi connectivity index (χ1) is 17.8. The van der Waals surface area contributed by atoms with Crippen molar-refractivity contribution in [2.75, 3.05) is 45.9 Å². The van der Waals surface area contributed by atoms with Gasteiger partial charge in [-0.05, 0) is 37.3 Å². The molecule has 2 saturated heterocycles. The monoisotopic (exact) mass is 508 g/mol. The molecule has 1 aromatic rings. The third-order valence-corrected chi connectivity index (χ3v) is 8.74. The van der Waals surface area contributed by atoms with E-state index in [4.69, 9.17) is 4.74 Å². The first-order valence-electron chi connectivity index (χ1n) is 14.2. The summed E-state index contributed by atoms with van der Waals surface area (Å²) >= 11 is 0. The van der Waals surface area contributed by atoms with E-state index in [2.05, 4.69) is 54.4 Å². The van der Waals surface area contributed by atoms with Crippen LogP contribution in [0.15, 0.2) is 30.3 Å². The smallest absolute Gasteiger partial charge is 0.223 e. The van der Waals surface area contributed by atoms with Crippen LogP contribution in [-0.4, -0.2) is 73.6 Å². The Morgan fingerprint density at radius 1 is 1.11 bits per heavy atom. The third kappa shape index (κ3) is 6.91. The minimum atomic E-state index is -0.599. The van der Waals surface area contributed by atoms with E-state index in [0.29, 0.717) is 38.8 Å². The highest BCUT2D eigenvalue weighted by atomic mass is 16.5. The Hall–Kier alpha value is -2.43. The molecule has 0 spiro atoms. The van der Waals surface area contributed by atoms with Gasteiger partial charge in [0, 0.05) is 44.4 Å². The fraction of sp³-hybridized carbons (Fsp3) is 0.700. The maximum absolute atomic E-state index is 13.2. The molecule has 37 heavy (non-hydrogen) atoms. The standard InChI is InChI=1S/C30H44N4O3/c1-29(2,25-11-7-4-8-12-25)22-33-16-15-30(21-31,23-33)28(24-9-5-3-6-10-24)32-26(35)13-14-27(36)34-17-19-37-20-18-34/h4,7-8,11-12,24,28H,3,5-6,9-10,13-20,22-23H2,1-2H3,(H,32,35)/t28-,30-/m1/s1. The van der Waals surface area contributed by atoms with Gasteiger partial charge in [-0.2, -0.15) is 5.26 Å². The molecule has 7 heteroatoms. The molecule has 4 rings (SSSR count). The van der Waals surface area contributed by atoms with Gasteiger partial charge in [0.05, 0.1) is 30.7 Å². The van der Waals surface area contributed by atoms with Crippen LogP contribution in [0.2, 0.25) is 0 Å². The van der Waals surface area contributed by atoms with Crippen LogP contribution in [-0.2, 0) is 19.7 Å². The summed E-state index contributed by atoms with van der Waals surface area (Å²) in [5.74, 6) is 0.224. The van der Waals surface area contributed by atoms with Crippen LogP contribution < -0.4 is 5.32 Å². The minimum Gasteiger partial charge on any atom is -0.378 e. The van der Waals surface area contributed by atoms with E-state index in [0.717, 1.165) is 45.2 Å². The first kappa shape index (κ1) is 27.6. The normalized spacial score (nSPS) is 24.4. The van der Waals surface area contributed by atoms with Gasteiger partial charge in [-0.3, -0.25) is 9.59 Å². The first-order valence-corrected chi connectivity index (χ1v) is 14.2. The highest BCUT2D eigenvalue weighted by Crippen LogP contribution is 2.42. The molecule has 1 aliphatic carbocycles. The summed E-state index contributed by atoms with van der Waals surface area (Å²) in [7, 11) is 0. The van der Waals surface area contributed by atoms with Crippen molar-refractivity contribution in [3.63, 3.8) is 0 Å². The van der Waals surface area contributed by atoms with Gasteiger partial charge < -0.3 is 19.9 Å². The van der Waals surface area contributed by atoms with Crippen molar-refractivity contribution in [1.29, 1.82) is 5.26 Å². The Kier molecular flexibility index (Phi) is 9.26. The SMILES string of the molecule is CC(C)(CN1CC[C@](C#N)([C@H](NC(=O)CCC(=O)N2CCOCC2)C2CCCCC2)C1)c1ccccc1.